The van der Waals surface area contributed by atoms with Gasteiger partial charge in [-0.15, -0.1) is 0 Å². The molecule has 0 aliphatic carbocycles. The molecule has 7 nitrogen and oxygen atoms in total. The highest BCUT2D eigenvalue weighted by molar-refractivity contribution is 5.87. The Balaban J connectivity index is 2.13. The summed E-state index contributed by atoms with van der Waals surface area (Å²) in [7, 11) is 0. The van der Waals surface area contributed by atoms with Crippen molar-refractivity contribution in [1.29, 1.82) is 0 Å². The SMILES string of the molecule is CCOC(=O)c1cc(/C=C/c2cccc([N+](=O)[O-])c2)on1. The molecule has 0 atom stereocenters. The molecule has 0 unspecified atom stereocenters. The predicted octanol–water partition coefficient (Wildman–Crippen LogP) is 2.93. The minimum Gasteiger partial charge on any atom is -0.461 e. The van der Waals surface area contributed by atoms with Crippen LogP contribution in [0.3, 0.4) is 0 Å². The van der Waals surface area contributed by atoms with Gasteiger partial charge in [-0.3, -0.25) is 10.1 Å². The first-order valence-corrected chi connectivity index (χ1v) is 6.16. The number of benzene rings is 1. The van der Waals surface area contributed by atoms with E-state index >= 15 is 0 Å². The van der Waals surface area contributed by atoms with E-state index in [1.165, 1.54) is 18.2 Å². The van der Waals surface area contributed by atoms with Crippen molar-refractivity contribution in [2.45, 2.75) is 6.92 Å². The van der Waals surface area contributed by atoms with Gasteiger partial charge in [-0.2, -0.15) is 0 Å². The lowest BCUT2D eigenvalue weighted by Gasteiger charge is -1.94. The Labute approximate surface area is 120 Å². The fourth-order valence-corrected chi connectivity index (χ4v) is 1.59. The van der Waals surface area contributed by atoms with Gasteiger partial charge in [0, 0.05) is 18.2 Å². The Morgan fingerprint density at radius 2 is 2.24 bits per heavy atom. The van der Waals surface area contributed by atoms with E-state index in [4.69, 9.17) is 9.26 Å². The summed E-state index contributed by atoms with van der Waals surface area (Å²) >= 11 is 0. The number of hydrogen-bond donors (Lipinski definition) is 0. The van der Waals surface area contributed by atoms with Crippen LogP contribution in [0.25, 0.3) is 12.2 Å². The first-order chi connectivity index (χ1) is 10.1. The van der Waals surface area contributed by atoms with Crippen LogP contribution in [0.15, 0.2) is 34.9 Å². The van der Waals surface area contributed by atoms with Crippen molar-refractivity contribution in [3.8, 4) is 0 Å². The number of rotatable bonds is 5. The zero-order valence-corrected chi connectivity index (χ0v) is 11.2. The molecule has 0 fully saturated rings. The maximum Gasteiger partial charge on any atom is 0.360 e. The summed E-state index contributed by atoms with van der Waals surface area (Å²) in [6.07, 6.45) is 3.19. The van der Waals surface area contributed by atoms with Crippen molar-refractivity contribution in [2.24, 2.45) is 0 Å². The van der Waals surface area contributed by atoms with Crippen LogP contribution in [-0.4, -0.2) is 22.7 Å². The number of esters is 1. The van der Waals surface area contributed by atoms with Gasteiger partial charge in [-0.25, -0.2) is 4.79 Å². The van der Waals surface area contributed by atoms with Gasteiger partial charge in [0.05, 0.1) is 11.5 Å². The van der Waals surface area contributed by atoms with Gasteiger partial charge in [0.15, 0.2) is 11.5 Å². The maximum absolute atomic E-state index is 11.4. The maximum atomic E-state index is 11.4. The van der Waals surface area contributed by atoms with Crippen LogP contribution in [0.2, 0.25) is 0 Å². The number of hydrogen-bond acceptors (Lipinski definition) is 6. The Morgan fingerprint density at radius 1 is 1.43 bits per heavy atom. The standard InChI is InChI=1S/C14H12N2O5/c1-2-20-14(17)13-9-12(21-15-13)7-6-10-4-3-5-11(8-10)16(18)19/h3-9H,2H2,1H3/b7-6+. The highest BCUT2D eigenvalue weighted by atomic mass is 16.6. The van der Waals surface area contributed by atoms with Crippen LogP contribution in [0, 0.1) is 10.1 Å². The van der Waals surface area contributed by atoms with Gasteiger partial charge in [-0.1, -0.05) is 23.4 Å². The molecule has 0 radical (unpaired) electrons. The molecular formula is C14H12N2O5. The van der Waals surface area contributed by atoms with E-state index in [2.05, 4.69) is 5.16 Å². The molecular weight excluding hydrogens is 276 g/mol. The summed E-state index contributed by atoms with van der Waals surface area (Å²) in [5, 5.41) is 14.3. The van der Waals surface area contributed by atoms with Gasteiger partial charge < -0.3 is 9.26 Å². The molecule has 1 aromatic heterocycles. The van der Waals surface area contributed by atoms with Gasteiger partial charge in [0.25, 0.3) is 5.69 Å². The molecule has 0 aliphatic heterocycles. The molecule has 2 aromatic rings. The van der Waals surface area contributed by atoms with Crippen molar-refractivity contribution in [1.82, 2.24) is 5.16 Å². The lowest BCUT2D eigenvalue weighted by atomic mass is 10.2. The molecule has 0 saturated carbocycles. The van der Waals surface area contributed by atoms with Crippen LogP contribution in [-0.2, 0) is 4.74 Å². The third-order valence-electron chi connectivity index (χ3n) is 2.53. The van der Waals surface area contributed by atoms with Crippen LogP contribution >= 0.6 is 0 Å². The smallest absolute Gasteiger partial charge is 0.360 e. The summed E-state index contributed by atoms with van der Waals surface area (Å²) < 4.78 is 9.75. The van der Waals surface area contributed by atoms with Crippen molar-refractivity contribution in [3.63, 3.8) is 0 Å². The number of nitrogens with zero attached hydrogens (tertiary/aromatic N) is 2. The summed E-state index contributed by atoms with van der Waals surface area (Å²) in [6, 6.07) is 7.57. The van der Waals surface area contributed by atoms with Gasteiger partial charge >= 0.3 is 5.97 Å². The lowest BCUT2D eigenvalue weighted by molar-refractivity contribution is -0.384. The summed E-state index contributed by atoms with van der Waals surface area (Å²) in [5.41, 5.74) is 0.718. The summed E-state index contributed by atoms with van der Waals surface area (Å²) in [5.74, 6) is -0.208. The molecule has 0 saturated heterocycles. The molecule has 7 heteroatoms. The zero-order chi connectivity index (χ0) is 15.2. The summed E-state index contributed by atoms with van der Waals surface area (Å²) in [4.78, 5) is 21.6. The average molecular weight is 288 g/mol. The van der Waals surface area contributed by atoms with Crippen molar-refractivity contribution < 1.29 is 19.0 Å². The van der Waals surface area contributed by atoms with E-state index < -0.39 is 10.9 Å². The molecule has 108 valence electrons. The predicted molar refractivity (Wildman–Crippen MR) is 74.5 cm³/mol. The van der Waals surface area contributed by atoms with E-state index in [0.717, 1.165) is 0 Å². The molecule has 0 aliphatic rings. The first kappa shape index (κ1) is 14.4. The van der Waals surface area contributed by atoms with Crippen LogP contribution in [0.4, 0.5) is 5.69 Å². The van der Waals surface area contributed by atoms with Gasteiger partial charge in [-0.05, 0) is 18.6 Å². The van der Waals surface area contributed by atoms with Crippen molar-refractivity contribution >= 4 is 23.8 Å². The Morgan fingerprint density at radius 3 is 2.95 bits per heavy atom. The number of aromatic nitrogens is 1. The van der Waals surface area contributed by atoms with Crippen LogP contribution in [0.1, 0.15) is 28.7 Å². The number of ether oxygens (including phenoxy) is 1. The quantitative estimate of drug-likeness (QED) is 0.477. The largest absolute Gasteiger partial charge is 0.461 e. The Hall–Kier alpha value is -2.96. The molecule has 0 N–H and O–H groups in total. The normalized spacial score (nSPS) is 10.7. The molecule has 1 heterocycles. The van der Waals surface area contributed by atoms with Crippen LogP contribution < -0.4 is 0 Å². The number of non-ortho nitro benzene ring substituents is 1. The van der Waals surface area contributed by atoms with E-state index in [0.29, 0.717) is 11.3 Å². The molecule has 2 rings (SSSR count). The third kappa shape index (κ3) is 3.75. The number of nitro benzene ring substituents is 1. The Kier molecular flexibility index (Phi) is 4.45. The van der Waals surface area contributed by atoms with Crippen molar-refractivity contribution in [2.75, 3.05) is 6.61 Å². The van der Waals surface area contributed by atoms with E-state index in [1.54, 1.807) is 31.2 Å². The topological polar surface area (TPSA) is 95.5 Å². The minimum atomic E-state index is -0.559. The molecule has 0 spiro atoms. The highest BCUT2D eigenvalue weighted by Crippen LogP contribution is 2.16. The number of carbonyl (C=O) groups is 1. The monoisotopic (exact) mass is 288 g/mol. The molecule has 1 aromatic carbocycles. The molecule has 0 amide bonds. The lowest BCUT2D eigenvalue weighted by Crippen LogP contribution is -2.04. The second-order valence-electron chi connectivity index (χ2n) is 4.02. The number of nitro groups is 1. The zero-order valence-electron chi connectivity index (χ0n) is 11.2. The number of carbonyl (C=O) groups excluding carboxylic acids is 1. The van der Waals surface area contributed by atoms with Crippen molar-refractivity contribution in [3.05, 3.63) is 57.5 Å². The van der Waals surface area contributed by atoms with Crippen LogP contribution in [0.5, 0.6) is 0 Å². The Bertz CT molecular complexity index is 690. The van der Waals surface area contributed by atoms with Gasteiger partial charge in [0.1, 0.15) is 0 Å². The minimum absolute atomic E-state index is 0.00179. The molecule has 21 heavy (non-hydrogen) atoms. The fourth-order valence-electron chi connectivity index (χ4n) is 1.59. The second-order valence-corrected chi connectivity index (χ2v) is 4.02. The average Bonchev–Trinajstić information content (AvgIpc) is 2.95. The second kappa shape index (κ2) is 6.47. The van der Waals surface area contributed by atoms with E-state index in [9.17, 15) is 14.9 Å². The highest BCUT2D eigenvalue weighted by Gasteiger charge is 2.12. The third-order valence-corrected chi connectivity index (χ3v) is 2.53. The van der Waals surface area contributed by atoms with E-state index in [-0.39, 0.29) is 18.0 Å². The summed E-state index contributed by atoms with van der Waals surface area (Å²) in [6.45, 7) is 1.95. The first-order valence-electron chi connectivity index (χ1n) is 6.16. The van der Waals surface area contributed by atoms with E-state index in [1.807, 2.05) is 0 Å². The van der Waals surface area contributed by atoms with Gasteiger partial charge in [0.2, 0.25) is 0 Å². The fraction of sp³-hybridized carbons (Fsp3) is 0.143. The molecule has 0 bridgehead atoms.